The van der Waals surface area contributed by atoms with Crippen LogP contribution in [0.3, 0.4) is 0 Å². The van der Waals surface area contributed by atoms with Gasteiger partial charge in [0.15, 0.2) is 5.65 Å². The van der Waals surface area contributed by atoms with Gasteiger partial charge >= 0.3 is 0 Å². The summed E-state index contributed by atoms with van der Waals surface area (Å²) in [5.74, 6) is 0. The van der Waals surface area contributed by atoms with Crippen LogP contribution >= 0.6 is 15.9 Å². The SMILES string of the molecule is Cc1nc2c(nc1Br)c(C)cn2C. The summed E-state index contributed by atoms with van der Waals surface area (Å²) in [5, 5.41) is 0. The van der Waals surface area contributed by atoms with Crippen molar-refractivity contribution in [2.45, 2.75) is 13.8 Å². The number of fused-ring (bicyclic) bond motifs is 1. The Balaban J connectivity index is 2.91. The highest BCUT2D eigenvalue weighted by molar-refractivity contribution is 9.10. The molecule has 0 N–H and O–H groups in total. The Labute approximate surface area is 84.9 Å². The summed E-state index contributed by atoms with van der Waals surface area (Å²) in [4.78, 5) is 8.88. The molecule has 0 radical (unpaired) electrons. The Morgan fingerprint density at radius 2 is 2.00 bits per heavy atom. The van der Waals surface area contributed by atoms with Gasteiger partial charge in [-0.05, 0) is 35.3 Å². The van der Waals surface area contributed by atoms with Crippen molar-refractivity contribution >= 4 is 27.1 Å². The molecule has 2 aromatic heterocycles. The second-order valence-corrected chi connectivity index (χ2v) is 3.95. The van der Waals surface area contributed by atoms with Gasteiger partial charge in [0.25, 0.3) is 0 Å². The van der Waals surface area contributed by atoms with E-state index in [9.17, 15) is 0 Å². The van der Waals surface area contributed by atoms with E-state index in [1.54, 1.807) is 0 Å². The fourth-order valence-corrected chi connectivity index (χ4v) is 1.68. The number of hydrogen-bond acceptors (Lipinski definition) is 2. The van der Waals surface area contributed by atoms with Crippen LogP contribution < -0.4 is 0 Å². The second kappa shape index (κ2) is 2.80. The Morgan fingerprint density at radius 1 is 1.31 bits per heavy atom. The lowest BCUT2D eigenvalue weighted by Gasteiger charge is -1.98. The van der Waals surface area contributed by atoms with Crippen LogP contribution in [0.5, 0.6) is 0 Å². The van der Waals surface area contributed by atoms with Crippen LogP contribution in [0.2, 0.25) is 0 Å². The molecule has 0 bridgehead atoms. The number of aromatic nitrogens is 3. The first-order chi connectivity index (χ1) is 6.09. The van der Waals surface area contributed by atoms with Crippen molar-refractivity contribution in [1.82, 2.24) is 14.5 Å². The summed E-state index contributed by atoms with van der Waals surface area (Å²) in [6.07, 6.45) is 2.04. The van der Waals surface area contributed by atoms with E-state index in [-0.39, 0.29) is 0 Å². The standard InChI is InChI=1S/C9H10BrN3/c1-5-4-13(3)9-7(5)12-8(10)6(2)11-9/h4H,1-3H3. The topological polar surface area (TPSA) is 30.7 Å². The Kier molecular flexibility index (Phi) is 1.87. The largest absolute Gasteiger partial charge is 0.334 e. The van der Waals surface area contributed by atoms with Crippen molar-refractivity contribution in [2.24, 2.45) is 7.05 Å². The van der Waals surface area contributed by atoms with Gasteiger partial charge in [-0.25, -0.2) is 9.97 Å². The highest BCUT2D eigenvalue weighted by Crippen LogP contribution is 2.20. The maximum Gasteiger partial charge on any atom is 0.159 e. The van der Waals surface area contributed by atoms with Crippen molar-refractivity contribution in [3.05, 3.63) is 22.1 Å². The number of halogens is 1. The van der Waals surface area contributed by atoms with E-state index in [1.165, 1.54) is 0 Å². The van der Waals surface area contributed by atoms with E-state index < -0.39 is 0 Å². The lowest BCUT2D eigenvalue weighted by molar-refractivity contribution is 0.934. The van der Waals surface area contributed by atoms with Crippen molar-refractivity contribution in [1.29, 1.82) is 0 Å². The molecule has 68 valence electrons. The van der Waals surface area contributed by atoms with Crippen molar-refractivity contribution in [3.8, 4) is 0 Å². The van der Waals surface area contributed by atoms with Crippen molar-refractivity contribution in [3.63, 3.8) is 0 Å². The lowest BCUT2D eigenvalue weighted by Crippen LogP contribution is -1.93. The van der Waals surface area contributed by atoms with E-state index in [0.717, 1.165) is 27.0 Å². The molecule has 3 nitrogen and oxygen atoms in total. The molecule has 0 atom stereocenters. The quantitative estimate of drug-likeness (QED) is 0.707. The number of aryl methyl sites for hydroxylation is 3. The molecule has 0 unspecified atom stereocenters. The summed E-state index contributed by atoms with van der Waals surface area (Å²) >= 11 is 3.38. The lowest BCUT2D eigenvalue weighted by atomic mass is 10.3. The van der Waals surface area contributed by atoms with Crippen LogP contribution in [0, 0.1) is 13.8 Å². The third-order valence-electron chi connectivity index (χ3n) is 2.09. The van der Waals surface area contributed by atoms with Gasteiger partial charge < -0.3 is 4.57 Å². The summed E-state index contributed by atoms with van der Waals surface area (Å²) in [7, 11) is 1.98. The van der Waals surface area contributed by atoms with Gasteiger partial charge in [-0.3, -0.25) is 0 Å². The Morgan fingerprint density at radius 3 is 2.69 bits per heavy atom. The van der Waals surface area contributed by atoms with E-state index in [0.29, 0.717) is 0 Å². The van der Waals surface area contributed by atoms with Crippen molar-refractivity contribution < 1.29 is 0 Å². The van der Waals surface area contributed by atoms with E-state index >= 15 is 0 Å². The summed E-state index contributed by atoms with van der Waals surface area (Å²) in [6.45, 7) is 3.98. The fraction of sp³-hybridized carbons (Fsp3) is 0.333. The molecule has 4 heteroatoms. The average Bonchev–Trinajstić information content (AvgIpc) is 2.31. The zero-order valence-corrected chi connectivity index (χ0v) is 9.38. The first-order valence-electron chi connectivity index (χ1n) is 4.05. The molecular formula is C9H10BrN3. The predicted molar refractivity (Wildman–Crippen MR) is 55.7 cm³/mol. The third-order valence-corrected chi connectivity index (χ3v) is 2.84. The van der Waals surface area contributed by atoms with E-state index in [2.05, 4.69) is 25.9 Å². The molecule has 0 saturated heterocycles. The molecular weight excluding hydrogens is 230 g/mol. The van der Waals surface area contributed by atoms with Gasteiger partial charge in [-0.15, -0.1) is 0 Å². The van der Waals surface area contributed by atoms with Crippen LogP contribution in [-0.4, -0.2) is 14.5 Å². The second-order valence-electron chi connectivity index (χ2n) is 3.20. The van der Waals surface area contributed by atoms with E-state index in [4.69, 9.17) is 0 Å². The normalized spacial score (nSPS) is 11.1. The maximum atomic E-state index is 4.45. The molecule has 0 amide bonds. The fourth-order valence-electron chi connectivity index (χ4n) is 1.41. The summed E-state index contributed by atoms with van der Waals surface area (Å²) in [6, 6.07) is 0. The molecule has 0 saturated carbocycles. The van der Waals surface area contributed by atoms with Gasteiger partial charge in [0, 0.05) is 13.2 Å². The van der Waals surface area contributed by atoms with Crippen molar-refractivity contribution in [2.75, 3.05) is 0 Å². The van der Waals surface area contributed by atoms with Crippen LogP contribution in [-0.2, 0) is 7.05 Å². The summed E-state index contributed by atoms with van der Waals surface area (Å²) < 4.78 is 2.83. The van der Waals surface area contributed by atoms with Gasteiger partial charge in [0.05, 0.1) is 5.69 Å². The molecule has 0 spiro atoms. The molecule has 13 heavy (non-hydrogen) atoms. The van der Waals surface area contributed by atoms with Gasteiger partial charge in [-0.1, -0.05) is 0 Å². The van der Waals surface area contributed by atoms with Gasteiger partial charge in [-0.2, -0.15) is 0 Å². The minimum Gasteiger partial charge on any atom is -0.334 e. The highest BCUT2D eigenvalue weighted by atomic mass is 79.9. The van der Waals surface area contributed by atoms with Crippen LogP contribution in [0.15, 0.2) is 10.8 Å². The third kappa shape index (κ3) is 1.25. The molecule has 0 fully saturated rings. The molecule has 2 aromatic rings. The van der Waals surface area contributed by atoms with Gasteiger partial charge in [0.1, 0.15) is 10.1 Å². The predicted octanol–water partition coefficient (Wildman–Crippen LogP) is 2.35. The summed E-state index contributed by atoms with van der Waals surface area (Å²) in [5.41, 5.74) is 4.00. The van der Waals surface area contributed by atoms with E-state index in [1.807, 2.05) is 31.7 Å². The number of hydrogen-bond donors (Lipinski definition) is 0. The highest BCUT2D eigenvalue weighted by Gasteiger charge is 2.08. The zero-order chi connectivity index (χ0) is 9.59. The van der Waals surface area contributed by atoms with Crippen LogP contribution in [0.1, 0.15) is 11.3 Å². The molecule has 0 aliphatic carbocycles. The zero-order valence-electron chi connectivity index (χ0n) is 7.80. The monoisotopic (exact) mass is 239 g/mol. The Hall–Kier alpha value is -0.900. The maximum absolute atomic E-state index is 4.45. The van der Waals surface area contributed by atoms with Crippen LogP contribution in [0.25, 0.3) is 11.2 Å². The molecule has 0 aliphatic heterocycles. The first kappa shape index (κ1) is 8.69. The first-order valence-corrected chi connectivity index (χ1v) is 4.84. The molecule has 0 aliphatic rings. The minimum absolute atomic E-state index is 0.828. The number of nitrogens with zero attached hydrogens (tertiary/aromatic N) is 3. The Bertz CT molecular complexity index is 431. The minimum atomic E-state index is 0.828. The molecule has 0 aromatic carbocycles. The average molecular weight is 240 g/mol. The molecule has 2 rings (SSSR count). The molecule has 2 heterocycles. The smallest absolute Gasteiger partial charge is 0.159 e. The van der Waals surface area contributed by atoms with Crippen LogP contribution in [0.4, 0.5) is 0 Å². The number of rotatable bonds is 0. The van der Waals surface area contributed by atoms with Gasteiger partial charge in [0.2, 0.25) is 0 Å².